The van der Waals surface area contributed by atoms with Gasteiger partial charge in [-0.05, 0) is 35.6 Å². The lowest BCUT2D eigenvalue weighted by atomic mass is 10.0. The van der Waals surface area contributed by atoms with E-state index in [4.69, 9.17) is 23.2 Å². The Morgan fingerprint density at radius 1 is 1.04 bits per heavy atom. The maximum Gasteiger partial charge on any atom is 0.253 e. The number of halogens is 2. The topological polar surface area (TPSA) is 87.3 Å². The van der Waals surface area contributed by atoms with Gasteiger partial charge in [-0.2, -0.15) is 0 Å². The zero-order chi connectivity index (χ0) is 20.7. The maximum atomic E-state index is 12.2. The van der Waals surface area contributed by atoms with Crippen LogP contribution >= 0.6 is 34.5 Å². The average molecular weight is 442 g/mol. The summed E-state index contributed by atoms with van der Waals surface area (Å²) >= 11 is 13.3. The van der Waals surface area contributed by atoms with Crippen molar-refractivity contribution in [1.29, 1.82) is 0 Å². The van der Waals surface area contributed by atoms with Gasteiger partial charge in [-0.25, -0.2) is 0 Å². The van der Waals surface area contributed by atoms with Crippen LogP contribution in [0.2, 0.25) is 10.0 Å². The fraction of sp³-hybridized carbons (Fsp3) is 0.316. The highest BCUT2D eigenvalue weighted by atomic mass is 35.5. The molecule has 0 saturated heterocycles. The van der Waals surface area contributed by atoms with Crippen molar-refractivity contribution in [3.8, 4) is 0 Å². The van der Waals surface area contributed by atoms with E-state index < -0.39 is 11.8 Å². The molecule has 2 aromatic rings. The molecular weight excluding hydrogens is 421 g/mol. The highest BCUT2D eigenvalue weighted by molar-refractivity contribution is 7.10. The first kappa shape index (κ1) is 22.2. The molecule has 9 heteroatoms. The molecule has 3 amide bonds. The lowest BCUT2D eigenvalue weighted by Gasteiger charge is -2.21. The normalized spacial score (nSPS) is 11.8. The zero-order valence-electron chi connectivity index (χ0n) is 15.4. The summed E-state index contributed by atoms with van der Waals surface area (Å²) in [7, 11) is 0. The number of amides is 3. The summed E-state index contributed by atoms with van der Waals surface area (Å²) in [6.45, 7) is 3.58. The second kappa shape index (κ2) is 10.5. The molecule has 0 saturated carbocycles. The van der Waals surface area contributed by atoms with Gasteiger partial charge in [-0.1, -0.05) is 43.1 Å². The Morgan fingerprint density at radius 3 is 2.36 bits per heavy atom. The molecule has 0 aliphatic heterocycles. The Labute approximate surface area is 177 Å². The maximum absolute atomic E-state index is 12.2. The molecule has 6 nitrogen and oxygen atoms in total. The predicted molar refractivity (Wildman–Crippen MR) is 112 cm³/mol. The minimum Gasteiger partial charge on any atom is -0.347 e. The van der Waals surface area contributed by atoms with E-state index >= 15 is 0 Å². The molecule has 3 N–H and O–H groups in total. The van der Waals surface area contributed by atoms with Crippen LogP contribution in [0.1, 0.15) is 35.1 Å². The van der Waals surface area contributed by atoms with Crippen molar-refractivity contribution in [3.63, 3.8) is 0 Å². The first-order valence-corrected chi connectivity index (χ1v) is 10.2. The van der Waals surface area contributed by atoms with E-state index in [1.54, 1.807) is 11.3 Å². The Kier molecular flexibility index (Phi) is 8.29. The third kappa shape index (κ3) is 6.51. The number of carbonyl (C=O) groups excluding carboxylic acids is 3. The zero-order valence-corrected chi connectivity index (χ0v) is 17.8. The standard InChI is InChI=1S/C19H21Cl2N3O3S/c1-11(2)18(15-4-3-7-28-15)24-17(26)10-22-16(25)9-23-19(27)13-6-5-12(20)8-14(13)21/h3-8,11,18H,9-10H2,1-2H3,(H,22,25)(H,23,27)(H,24,26)/t18-/m0/s1. The van der Waals surface area contributed by atoms with Crippen molar-refractivity contribution in [2.75, 3.05) is 13.1 Å². The monoisotopic (exact) mass is 441 g/mol. The number of rotatable bonds is 8. The molecule has 150 valence electrons. The molecular formula is C19H21Cl2N3O3S. The van der Waals surface area contributed by atoms with Gasteiger partial charge in [0.05, 0.1) is 29.7 Å². The summed E-state index contributed by atoms with van der Waals surface area (Å²) < 4.78 is 0. The van der Waals surface area contributed by atoms with E-state index in [-0.39, 0.29) is 41.5 Å². The van der Waals surface area contributed by atoms with Crippen LogP contribution in [0.3, 0.4) is 0 Å². The molecule has 2 rings (SSSR count). The minimum absolute atomic E-state index is 0.115. The number of thiophene rings is 1. The minimum atomic E-state index is -0.501. The molecule has 1 aromatic carbocycles. The predicted octanol–water partition coefficient (Wildman–Crippen LogP) is 3.41. The molecule has 0 spiro atoms. The molecule has 0 aliphatic carbocycles. The van der Waals surface area contributed by atoms with Crippen LogP contribution in [0.4, 0.5) is 0 Å². The van der Waals surface area contributed by atoms with E-state index in [9.17, 15) is 14.4 Å². The molecule has 28 heavy (non-hydrogen) atoms. The summed E-state index contributed by atoms with van der Waals surface area (Å²) in [5, 5.41) is 10.4. The Balaban J connectivity index is 1.78. The van der Waals surface area contributed by atoms with Gasteiger partial charge in [0.2, 0.25) is 11.8 Å². The van der Waals surface area contributed by atoms with Crippen LogP contribution in [0, 0.1) is 5.92 Å². The summed E-state index contributed by atoms with van der Waals surface area (Å²) in [6.07, 6.45) is 0. The highest BCUT2D eigenvalue weighted by Gasteiger charge is 2.19. The van der Waals surface area contributed by atoms with Crippen molar-refractivity contribution in [1.82, 2.24) is 16.0 Å². The van der Waals surface area contributed by atoms with E-state index in [1.807, 2.05) is 31.4 Å². The average Bonchev–Trinajstić information content (AvgIpc) is 3.16. The van der Waals surface area contributed by atoms with Crippen molar-refractivity contribution in [3.05, 3.63) is 56.2 Å². The van der Waals surface area contributed by atoms with Gasteiger partial charge in [0.25, 0.3) is 5.91 Å². The summed E-state index contributed by atoms with van der Waals surface area (Å²) in [5.74, 6) is -1.07. The van der Waals surface area contributed by atoms with E-state index in [0.29, 0.717) is 5.02 Å². The molecule has 1 aromatic heterocycles. The molecule has 0 bridgehead atoms. The summed E-state index contributed by atoms with van der Waals surface area (Å²) in [6, 6.07) is 8.23. The highest BCUT2D eigenvalue weighted by Crippen LogP contribution is 2.25. The lowest BCUT2D eigenvalue weighted by molar-refractivity contribution is -0.126. The largest absolute Gasteiger partial charge is 0.347 e. The van der Waals surface area contributed by atoms with Crippen molar-refractivity contribution >= 4 is 52.3 Å². The molecule has 0 radical (unpaired) electrons. The summed E-state index contributed by atoms with van der Waals surface area (Å²) in [5.41, 5.74) is 0.215. The molecule has 0 fully saturated rings. The van der Waals surface area contributed by atoms with Crippen LogP contribution in [0.5, 0.6) is 0 Å². The fourth-order valence-electron chi connectivity index (χ4n) is 2.43. The quantitative estimate of drug-likeness (QED) is 0.586. The van der Waals surface area contributed by atoms with Crippen LogP contribution in [-0.2, 0) is 9.59 Å². The third-order valence-corrected chi connectivity index (χ3v) is 5.37. The first-order chi connectivity index (χ1) is 13.3. The van der Waals surface area contributed by atoms with Gasteiger partial charge in [-0.3, -0.25) is 14.4 Å². The molecule has 1 heterocycles. The second-order valence-electron chi connectivity index (χ2n) is 6.39. The SMILES string of the molecule is CC(C)[C@H](NC(=O)CNC(=O)CNC(=O)c1ccc(Cl)cc1Cl)c1cccs1. The smallest absolute Gasteiger partial charge is 0.253 e. The Morgan fingerprint density at radius 2 is 1.75 bits per heavy atom. The van der Waals surface area contributed by atoms with Crippen LogP contribution < -0.4 is 16.0 Å². The molecule has 1 atom stereocenters. The van der Waals surface area contributed by atoms with Gasteiger partial charge in [0.1, 0.15) is 0 Å². The molecule has 0 aliphatic rings. The number of benzene rings is 1. The van der Waals surface area contributed by atoms with Crippen LogP contribution in [0.25, 0.3) is 0 Å². The first-order valence-electron chi connectivity index (χ1n) is 8.60. The van der Waals surface area contributed by atoms with Crippen molar-refractivity contribution in [2.45, 2.75) is 19.9 Å². The second-order valence-corrected chi connectivity index (χ2v) is 8.21. The van der Waals surface area contributed by atoms with Crippen LogP contribution in [-0.4, -0.2) is 30.8 Å². The van der Waals surface area contributed by atoms with Crippen LogP contribution in [0.15, 0.2) is 35.7 Å². The van der Waals surface area contributed by atoms with E-state index in [2.05, 4.69) is 16.0 Å². The number of nitrogens with one attached hydrogen (secondary N) is 3. The van der Waals surface area contributed by atoms with Gasteiger partial charge < -0.3 is 16.0 Å². The molecule has 0 unspecified atom stereocenters. The number of hydrogen-bond donors (Lipinski definition) is 3. The van der Waals surface area contributed by atoms with Gasteiger partial charge in [0.15, 0.2) is 0 Å². The van der Waals surface area contributed by atoms with Gasteiger partial charge in [-0.15, -0.1) is 11.3 Å². The van der Waals surface area contributed by atoms with E-state index in [1.165, 1.54) is 18.2 Å². The van der Waals surface area contributed by atoms with Gasteiger partial charge in [0, 0.05) is 9.90 Å². The lowest BCUT2D eigenvalue weighted by Crippen LogP contribution is -2.43. The summed E-state index contributed by atoms with van der Waals surface area (Å²) in [4.78, 5) is 37.2. The fourth-order valence-corrected chi connectivity index (χ4v) is 3.87. The number of carbonyl (C=O) groups is 3. The van der Waals surface area contributed by atoms with Crippen molar-refractivity contribution in [2.24, 2.45) is 5.92 Å². The van der Waals surface area contributed by atoms with Gasteiger partial charge >= 0.3 is 0 Å². The Hall–Kier alpha value is -2.09. The third-order valence-electron chi connectivity index (χ3n) is 3.86. The van der Waals surface area contributed by atoms with Crippen molar-refractivity contribution < 1.29 is 14.4 Å². The van der Waals surface area contributed by atoms with E-state index in [0.717, 1.165) is 4.88 Å². The Bertz CT molecular complexity index is 841. The number of hydrogen-bond acceptors (Lipinski definition) is 4.